The Morgan fingerprint density at radius 2 is 2.19 bits per heavy atom. The summed E-state index contributed by atoms with van der Waals surface area (Å²) in [6.45, 7) is 1.56. The number of nitrogens with zero attached hydrogens (tertiary/aromatic N) is 1. The van der Waals surface area contributed by atoms with Gasteiger partial charge in [0.25, 0.3) is 0 Å². The van der Waals surface area contributed by atoms with E-state index in [9.17, 15) is 4.39 Å². The molecule has 2 rings (SSSR count). The van der Waals surface area contributed by atoms with Crippen LogP contribution in [-0.2, 0) is 11.3 Å². The monoisotopic (exact) mass is 241 g/mol. The van der Waals surface area contributed by atoms with Crippen molar-refractivity contribution in [3.05, 3.63) is 35.2 Å². The van der Waals surface area contributed by atoms with Crippen molar-refractivity contribution in [3.63, 3.8) is 0 Å². The van der Waals surface area contributed by atoms with E-state index in [1.807, 2.05) is 12.3 Å². The molecule has 0 saturated carbocycles. The van der Waals surface area contributed by atoms with Crippen molar-refractivity contribution in [1.82, 2.24) is 4.57 Å². The number of aromatic nitrogens is 1. The average Bonchev–Trinajstić information content (AvgIpc) is 2.68. The van der Waals surface area contributed by atoms with Crippen LogP contribution in [0.25, 0.3) is 10.9 Å². The number of methoxy groups -OCH3 is 1. The van der Waals surface area contributed by atoms with Crippen LogP contribution in [0.1, 0.15) is 6.42 Å². The molecular weight excluding hydrogens is 229 g/mol. The highest BCUT2D eigenvalue weighted by Crippen LogP contribution is 2.27. The van der Waals surface area contributed by atoms with E-state index in [0.717, 1.165) is 23.9 Å². The van der Waals surface area contributed by atoms with Crippen LogP contribution in [0, 0.1) is 5.82 Å². The third-order valence-electron chi connectivity index (χ3n) is 2.59. The molecule has 0 atom stereocenters. The fourth-order valence-corrected chi connectivity index (χ4v) is 2.01. The topological polar surface area (TPSA) is 14.2 Å². The molecule has 1 aromatic heterocycles. The second kappa shape index (κ2) is 4.85. The quantitative estimate of drug-likeness (QED) is 0.748. The normalized spacial score (nSPS) is 11.2. The third kappa shape index (κ3) is 2.06. The largest absolute Gasteiger partial charge is 0.385 e. The standard InChI is InChI=1S/C12H13ClFNO/c1-16-8-2-6-15-7-5-9-11(15)4-3-10(14)12(9)13/h3-5,7H,2,6,8H2,1H3. The zero-order valence-corrected chi connectivity index (χ0v) is 9.80. The van der Waals surface area contributed by atoms with Gasteiger partial charge in [0.2, 0.25) is 0 Å². The number of hydrogen-bond acceptors (Lipinski definition) is 1. The van der Waals surface area contributed by atoms with E-state index in [0.29, 0.717) is 6.61 Å². The van der Waals surface area contributed by atoms with Gasteiger partial charge in [-0.3, -0.25) is 0 Å². The molecule has 0 saturated heterocycles. The van der Waals surface area contributed by atoms with Crippen molar-refractivity contribution >= 4 is 22.5 Å². The number of rotatable bonds is 4. The molecule has 0 aliphatic carbocycles. The van der Waals surface area contributed by atoms with Gasteiger partial charge in [0, 0.05) is 37.4 Å². The lowest BCUT2D eigenvalue weighted by atomic mass is 10.2. The van der Waals surface area contributed by atoms with Crippen LogP contribution in [0.3, 0.4) is 0 Å². The summed E-state index contributed by atoms with van der Waals surface area (Å²) in [7, 11) is 1.68. The second-order valence-electron chi connectivity index (χ2n) is 3.65. The van der Waals surface area contributed by atoms with E-state index in [4.69, 9.17) is 16.3 Å². The summed E-state index contributed by atoms with van der Waals surface area (Å²) in [5.41, 5.74) is 0.961. The van der Waals surface area contributed by atoms with Crippen LogP contribution in [0.15, 0.2) is 24.4 Å². The van der Waals surface area contributed by atoms with Crippen LogP contribution >= 0.6 is 11.6 Å². The van der Waals surface area contributed by atoms with E-state index >= 15 is 0 Å². The first kappa shape index (κ1) is 11.4. The average molecular weight is 242 g/mol. The molecule has 0 spiro atoms. The molecule has 0 aliphatic rings. The molecule has 0 bridgehead atoms. The highest BCUT2D eigenvalue weighted by Gasteiger charge is 2.08. The number of hydrogen-bond donors (Lipinski definition) is 0. The van der Waals surface area contributed by atoms with E-state index in [2.05, 4.69) is 4.57 Å². The van der Waals surface area contributed by atoms with Gasteiger partial charge >= 0.3 is 0 Å². The minimum atomic E-state index is -0.371. The molecule has 2 aromatic rings. The summed E-state index contributed by atoms with van der Waals surface area (Å²) in [6.07, 6.45) is 2.85. The maximum absolute atomic E-state index is 13.2. The summed E-state index contributed by atoms with van der Waals surface area (Å²) in [6, 6.07) is 4.99. The molecule has 4 heteroatoms. The Kier molecular flexibility index (Phi) is 3.46. The molecule has 1 aromatic carbocycles. The lowest BCUT2D eigenvalue weighted by Crippen LogP contribution is -1.99. The van der Waals surface area contributed by atoms with E-state index < -0.39 is 0 Å². The maximum atomic E-state index is 13.2. The summed E-state index contributed by atoms with van der Waals surface area (Å²) in [5.74, 6) is -0.371. The Balaban J connectivity index is 2.31. The van der Waals surface area contributed by atoms with Crippen molar-refractivity contribution in [1.29, 1.82) is 0 Å². The number of fused-ring (bicyclic) bond motifs is 1. The van der Waals surface area contributed by atoms with Gasteiger partial charge in [-0.05, 0) is 24.6 Å². The Bertz CT molecular complexity index is 495. The van der Waals surface area contributed by atoms with E-state index in [1.54, 1.807) is 13.2 Å². The summed E-state index contributed by atoms with van der Waals surface area (Å²) in [4.78, 5) is 0. The highest BCUT2D eigenvalue weighted by molar-refractivity contribution is 6.35. The molecule has 16 heavy (non-hydrogen) atoms. The Hall–Kier alpha value is -1.06. The van der Waals surface area contributed by atoms with Gasteiger partial charge in [-0.1, -0.05) is 11.6 Å². The lowest BCUT2D eigenvalue weighted by Gasteiger charge is -2.05. The minimum absolute atomic E-state index is 0.197. The molecule has 2 nitrogen and oxygen atoms in total. The lowest BCUT2D eigenvalue weighted by molar-refractivity contribution is 0.190. The number of ether oxygens (including phenoxy) is 1. The molecule has 1 heterocycles. The van der Waals surface area contributed by atoms with Gasteiger partial charge in [0.05, 0.1) is 5.02 Å². The first-order valence-corrected chi connectivity index (χ1v) is 5.53. The van der Waals surface area contributed by atoms with Crippen LogP contribution in [-0.4, -0.2) is 18.3 Å². The van der Waals surface area contributed by atoms with E-state index in [1.165, 1.54) is 6.07 Å². The zero-order valence-electron chi connectivity index (χ0n) is 9.04. The summed E-state index contributed by atoms with van der Waals surface area (Å²) >= 11 is 5.89. The number of aryl methyl sites for hydroxylation is 1. The Labute approximate surface area is 98.6 Å². The molecule has 0 radical (unpaired) electrons. The molecule has 0 aliphatic heterocycles. The molecular formula is C12H13ClFNO. The fraction of sp³-hybridized carbons (Fsp3) is 0.333. The van der Waals surface area contributed by atoms with Gasteiger partial charge < -0.3 is 9.30 Å². The molecule has 0 unspecified atom stereocenters. The van der Waals surface area contributed by atoms with Crippen LogP contribution in [0.5, 0.6) is 0 Å². The molecule has 0 N–H and O–H groups in total. The number of halogens is 2. The van der Waals surface area contributed by atoms with Crippen molar-refractivity contribution in [2.45, 2.75) is 13.0 Å². The van der Waals surface area contributed by atoms with Gasteiger partial charge in [0.1, 0.15) is 5.82 Å². The van der Waals surface area contributed by atoms with Gasteiger partial charge in [-0.25, -0.2) is 4.39 Å². The predicted octanol–water partition coefficient (Wildman–Crippen LogP) is 3.47. The summed E-state index contributed by atoms with van der Waals surface area (Å²) in [5, 5.41) is 0.960. The van der Waals surface area contributed by atoms with Crippen molar-refractivity contribution in [3.8, 4) is 0 Å². The van der Waals surface area contributed by atoms with Crippen LogP contribution in [0.4, 0.5) is 4.39 Å². The summed E-state index contributed by atoms with van der Waals surface area (Å²) < 4.78 is 20.3. The number of benzene rings is 1. The van der Waals surface area contributed by atoms with Gasteiger partial charge in [0.15, 0.2) is 0 Å². The van der Waals surface area contributed by atoms with Crippen molar-refractivity contribution in [2.24, 2.45) is 0 Å². The van der Waals surface area contributed by atoms with Gasteiger partial charge in [-0.15, -0.1) is 0 Å². The molecule has 0 amide bonds. The maximum Gasteiger partial charge on any atom is 0.142 e. The minimum Gasteiger partial charge on any atom is -0.385 e. The smallest absolute Gasteiger partial charge is 0.142 e. The Morgan fingerprint density at radius 1 is 1.38 bits per heavy atom. The highest BCUT2D eigenvalue weighted by atomic mass is 35.5. The van der Waals surface area contributed by atoms with Crippen LogP contribution in [0.2, 0.25) is 5.02 Å². The van der Waals surface area contributed by atoms with E-state index in [-0.39, 0.29) is 10.8 Å². The Morgan fingerprint density at radius 3 is 2.94 bits per heavy atom. The SMILES string of the molecule is COCCCn1ccc2c(Cl)c(F)ccc21. The zero-order chi connectivity index (χ0) is 11.5. The predicted molar refractivity (Wildman–Crippen MR) is 63.4 cm³/mol. The van der Waals surface area contributed by atoms with Crippen LogP contribution < -0.4 is 0 Å². The fourth-order valence-electron chi connectivity index (χ4n) is 1.78. The second-order valence-corrected chi connectivity index (χ2v) is 4.03. The molecule has 0 fully saturated rings. The van der Waals surface area contributed by atoms with Gasteiger partial charge in [-0.2, -0.15) is 0 Å². The van der Waals surface area contributed by atoms with Crippen molar-refractivity contribution in [2.75, 3.05) is 13.7 Å². The molecule has 86 valence electrons. The van der Waals surface area contributed by atoms with Crippen molar-refractivity contribution < 1.29 is 9.13 Å². The third-order valence-corrected chi connectivity index (χ3v) is 2.97. The first-order chi connectivity index (χ1) is 7.74. The first-order valence-electron chi connectivity index (χ1n) is 5.16.